The van der Waals surface area contributed by atoms with Crippen LogP contribution in [0.2, 0.25) is 0 Å². The molecule has 1 amide bonds. The number of amides is 1. The van der Waals surface area contributed by atoms with Gasteiger partial charge in [-0.3, -0.25) is 4.79 Å². The van der Waals surface area contributed by atoms with Gasteiger partial charge in [0.05, 0.1) is 11.8 Å². The van der Waals surface area contributed by atoms with Crippen molar-refractivity contribution < 1.29 is 9.90 Å². The molecule has 0 spiro atoms. The van der Waals surface area contributed by atoms with Gasteiger partial charge in [0.25, 0.3) is 0 Å². The van der Waals surface area contributed by atoms with Gasteiger partial charge in [0.2, 0.25) is 5.91 Å². The van der Waals surface area contributed by atoms with Crippen LogP contribution < -0.4 is 4.90 Å². The minimum absolute atomic E-state index is 0.171. The summed E-state index contributed by atoms with van der Waals surface area (Å²) in [6.45, 7) is 5.34. The maximum Gasteiger partial charge on any atom is 0.225 e. The van der Waals surface area contributed by atoms with Gasteiger partial charge in [-0.15, -0.1) is 0 Å². The summed E-state index contributed by atoms with van der Waals surface area (Å²) in [5.74, 6) is 1.44. The topological polar surface area (TPSA) is 56.7 Å². The summed E-state index contributed by atoms with van der Waals surface area (Å²) in [4.78, 5) is 21.4. The molecule has 1 unspecified atom stereocenters. The molecule has 0 radical (unpaired) electrons. The van der Waals surface area contributed by atoms with E-state index in [1.165, 1.54) is 6.42 Å². The van der Waals surface area contributed by atoms with E-state index in [0.29, 0.717) is 11.6 Å². The summed E-state index contributed by atoms with van der Waals surface area (Å²) >= 11 is 0. The molecule has 3 rings (SSSR count). The fourth-order valence-electron chi connectivity index (χ4n) is 3.58. The molecule has 0 aromatic carbocycles. The van der Waals surface area contributed by atoms with Crippen molar-refractivity contribution in [2.45, 2.75) is 45.1 Å². The third kappa shape index (κ3) is 3.83. The molecule has 0 bridgehead atoms. The Labute approximate surface area is 138 Å². The standard InChI is InChI=1S/C18H27N3O2/c1-14(22)16-6-5-7-17(19-16)20-12-8-15(9-13-20)18(23)21-10-3-2-4-11-21/h5-7,14-15,22H,2-4,8-13H2,1H3. The fraction of sp³-hybridized carbons (Fsp3) is 0.667. The zero-order valence-corrected chi connectivity index (χ0v) is 13.9. The van der Waals surface area contributed by atoms with Gasteiger partial charge in [-0.05, 0) is 51.2 Å². The highest BCUT2D eigenvalue weighted by atomic mass is 16.3. The predicted octanol–water partition coefficient (Wildman–Crippen LogP) is 2.36. The second-order valence-electron chi connectivity index (χ2n) is 6.74. The molecule has 1 aromatic rings. The number of pyridine rings is 1. The van der Waals surface area contributed by atoms with Crippen LogP contribution in [0.1, 0.15) is 50.8 Å². The molecule has 23 heavy (non-hydrogen) atoms. The number of nitrogens with zero attached hydrogens (tertiary/aromatic N) is 3. The number of aliphatic hydroxyl groups is 1. The smallest absolute Gasteiger partial charge is 0.225 e. The van der Waals surface area contributed by atoms with Crippen molar-refractivity contribution in [3.05, 3.63) is 23.9 Å². The van der Waals surface area contributed by atoms with E-state index in [1.807, 2.05) is 18.2 Å². The zero-order chi connectivity index (χ0) is 16.2. The molecule has 0 aliphatic carbocycles. The number of likely N-dealkylation sites (tertiary alicyclic amines) is 1. The lowest BCUT2D eigenvalue weighted by molar-refractivity contribution is -0.137. The van der Waals surface area contributed by atoms with E-state index >= 15 is 0 Å². The molecule has 1 atom stereocenters. The van der Waals surface area contributed by atoms with Gasteiger partial charge in [-0.2, -0.15) is 0 Å². The van der Waals surface area contributed by atoms with Gasteiger partial charge in [0.1, 0.15) is 5.82 Å². The summed E-state index contributed by atoms with van der Waals surface area (Å²) < 4.78 is 0. The van der Waals surface area contributed by atoms with Crippen LogP contribution in [0.3, 0.4) is 0 Å². The average molecular weight is 317 g/mol. The van der Waals surface area contributed by atoms with Gasteiger partial charge in [-0.25, -0.2) is 4.98 Å². The summed E-state index contributed by atoms with van der Waals surface area (Å²) in [5.41, 5.74) is 0.703. The summed E-state index contributed by atoms with van der Waals surface area (Å²) in [6, 6.07) is 5.77. The van der Waals surface area contributed by atoms with E-state index in [4.69, 9.17) is 0 Å². The molecule has 2 aliphatic heterocycles. The monoisotopic (exact) mass is 317 g/mol. The van der Waals surface area contributed by atoms with E-state index in [2.05, 4.69) is 14.8 Å². The lowest BCUT2D eigenvalue weighted by Gasteiger charge is -2.36. The Bertz CT molecular complexity index is 533. The van der Waals surface area contributed by atoms with Gasteiger partial charge >= 0.3 is 0 Å². The molecule has 5 nitrogen and oxygen atoms in total. The third-order valence-corrected chi connectivity index (χ3v) is 5.02. The Morgan fingerprint density at radius 1 is 1.17 bits per heavy atom. The second kappa shape index (κ2) is 7.30. The highest BCUT2D eigenvalue weighted by molar-refractivity contribution is 5.79. The summed E-state index contributed by atoms with van der Waals surface area (Å²) in [5, 5.41) is 9.67. The van der Waals surface area contributed by atoms with Gasteiger partial charge < -0.3 is 14.9 Å². The number of rotatable bonds is 3. The number of piperidine rings is 2. The maximum absolute atomic E-state index is 12.6. The fourth-order valence-corrected chi connectivity index (χ4v) is 3.58. The quantitative estimate of drug-likeness (QED) is 0.930. The number of aliphatic hydroxyl groups excluding tert-OH is 1. The molecule has 5 heteroatoms. The predicted molar refractivity (Wildman–Crippen MR) is 90.2 cm³/mol. The highest BCUT2D eigenvalue weighted by Crippen LogP contribution is 2.25. The van der Waals surface area contributed by atoms with Crippen molar-refractivity contribution in [2.24, 2.45) is 5.92 Å². The van der Waals surface area contributed by atoms with Crippen LogP contribution in [-0.2, 0) is 4.79 Å². The van der Waals surface area contributed by atoms with Gasteiger partial charge in [0, 0.05) is 32.1 Å². The van der Waals surface area contributed by atoms with Crippen LogP contribution in [0.25, 0.3) is 0 Å². The van der Waals surface area contributed by atoms with Crippen LogP contribution >= 0.6 is 0 Å². The summed E-state index contributed by atoms with van der Waals surface area (Å²) in [7, 11) is 0. The van der Waals surface area contributed by atoms with Gasteiger partial charge in [0.15, 0.2) is 0 Å². The van der Waals surface area contributed by atoms with Crippen LogP contribution in [0.5, 0.6) is 0 Å². The zero-order valence-electron chi connectivity index (χ0n) is 13.9. The molecule has 1 aromatic heterocycles. The van der Waals surface area contributed by atoms with Crippen molar-refractivity contribution in [1.82, 2.24) is 9.88 Å². The minimum atomic E-state index is -0.548. The maximum atomic E-state index is 12.6. The molecular weight excluding hydrogens is 290 g/mol. The van der Waals surface area contributed by atoms with E-state index in [0.717, 1.165) is 57.7 Å². The Hall–Kier alpha value is -1.62. The van der Waals surface area contributed by atoms with Crippen LogP contribution in [0.15, 0.2) is 18.2 Å². The minimum Gasteiger partial charge on any atom is -0.387 e. The lowest BCUT2D eigenvalue weighted by Crippen LogP contribution is -2.44. The number of hydrogen-bond donors (Lipinski definition) is 1. The molecule has 2 saturated heterocycles. The normalized spacial score (nSPS) is 21.3. The Balaban J connectivity index is 1.57. The number of hydrogen-bond acceptors (Lipinski definition) is 4. The second-order valence-corrected chi connectivity index (χ2v) is 6.74. The van der Waals surface area contributed by atoms with E-state index < -0.39 is 6.10 Å². The molecule has 0 saturated carbocycles. The molecule has 3 heterocycles. The van der Waals surface area contributed by atoms with Crippen LogP contribution in [0, 0.1) is 5.92 Å². The van der Waals surface area contributed by atoms with Crippen molar-refractivity contribution in [3.63, 3.8) is 0 Å². The molecular formula is C18H27N3O2. The number of carbonyl (C=O) groups excluding carboxylic acids is 1. The Kier molecular flexibility index (Phi) is 5.16. The first kappa shape index (κ1) is 16.2. The van der Waals surface area contributed by atoms with Crippen molar-refractivity contribution >= 4 is 11.7 Å². The number of aromatic nitrogens is 1. The molecule has 1 N–H and O–H groups in total. The highest BCUT2D eigenvalue weighted by Gasteiger charge is 2.29. The largest absolute Gasteiger partial charge is 0.387 e. The number of carbonyl (C=O) groups is 1. The average Bonchev–Trinajstić information content (AvgIpc) is 2.62. The molecule has 2 aliphatic rings. The molecule has 2 fully saturated rings. The van der Waals surface area contributed by atoms with Crippen molar-refractivity contribution in [1.29, 1.82) is 0 Å². The van der Waals surface area contributed by atoms with Gasteiger partial charge in [-0.1, -0.05) is 6.07 Å². The first-order valence-corrected chi connectivity index (χ1v) is 8.84. The van der Waals surface area contributed by atoms with E-state index in [-0.39, 0.29) is 5.92 Å². The third-order valence-electron chi connectivity index (χ3n) is 5.02. The van der Waals surface area contributed by atoms with Crippen molar-refractivity contribution in [2.75, 3.05) is 31.1 Å². The Morgan fingerprint density at radius 3 is 2.52 bits per heavy atom. The Morgan fingerprint density at radius 2 is 1.87 bits per heavy atom. The lowest BCUT2D eigenvalue weighted by atomic mass is 9.94. The number of anilines is 1. The first-order chi connectivity index (χ1) is 11.1. The van der Waals surface area contributed by atoms with Crippen LogP contribution in [0.4, 0.5) is 5.82 Å². The summed E-state index contributed by atoms with van der Waals surface area (Å²) in [6.07, 6.45) is 4.81. The SMILES string of the molecule is CC(O)c1cccc(N2CCC(C(=O)N3CCCCC3)CC2)n1. The van der Waals surface area contributed by atoms with E-state index in [1.54, 1.807) is 6.92 Å². The first-order valence-electron chi connectivity index (χ1n) is 8.84. The molecule has 126 valence electrons. The van der Waals surface area contributed by atoms with Crippen molar-refractivity contribution in [3.8, 4) is 0 Å². The van der Waals surface area contributed by atoms with Crippen LogP contribution in [-0.4, -0.2) is 47.1 Å². The van der Waals surface area contributed by atoms with E-state index in [9.17, 15) is 9.90 Å².